The van der Waals surface area contributed by atoms with E-state index < -0.39 is 32.1 Å². The summed E-state index contributed by atoms with van der Waals surface area (Å²) in [4.78, 5) is -0.405. The Balaban J connectivity index is 2.20. The number of nitrogens with zero attached hydrogens (tertiary/aromatic N) is 1. The number of hydrogen-bond donors (Lipinski definition) is 1. The van der Waals surface area contributed by atoms with Crippen LogP contribution in [0.1, 0.15) is 5.56 Å². The van der Waals surface area contributed by atoms with E-state index in [4.69, 9.17) is 10.5 Å². The highest BCUT2D eigenvalue weighted by atomic mass is 32.2. The van der Waals surface area contributed by atoms with Crippen LogP contribution in [0.3, 0.4) is 0 Å². The zero-order valence-electron chi connectivity index (χ0n) is 13.8. The maximum Gasteiger partial charge on any atom is 0.473 e. The summed E-state index contributed by atoms with van der Waals surface area (Å²) in [5.74, 6) is 0.470. The molecule has 0 aliphatic carbocycles. The Morgan fingerprint density at radius 2 is 1.73 bits per heavy atom. The summed E-state index contributed by atoms with van der Waals surface area (Å²) in [5.41, 5.74) is 5.87. The van der Waals surface area contributed by atoms with Gasteiger partial charge in [0.05, 0.1) is 4.90 Å². The molecule has 0 spiro atoms. The predicted molar refractivity (Wildman–Crippen MR) is 91.1 cm³/mol. The molecule has 5 nitrogen and oxygen atoms in total. The number of ether oxygens (including phenoxy) is 1. The first-order valence-electron chi connectivity index (χ1n) is 7.81. The van der Waals surface area contributed by atoms with Gasteiger partial charge < -0.3 is 10.5 Å². The number of alkyl halides is 3. The van der Waals surface area contributed by atoms with E-state index in [1.165, 1.54) is 18.2 Å². The second kappa shape index (κ2) is 8.52. The third-order valence-electron chi connectivity index (χ3n) is 3.50. The lowest BCUT2D eigenvalue weighted by Gasteiger charge is -2.24. The summed E-state index contributed by atoms with van der Waals surface area (Å²) in [6.45, 7) is -0.150. The summed E-state index contributed by atoms with van der Waals surface area (Å²) < 4.78 is 69.7. The van der Waals surface area contributed by atoms with Crippen molar-refractivity contribution in [1.82, 2.24) is 4.31 Å². The summed E-state index contributed by atoms with van der Waals surface area (Å²) in [5, 5.41) is 0. The fraction of sp³-hybridized carbons (Fsp3) is 0.294. The molecule has 0 heterocycles. The highest BCUT2D eigenvalue weighted by molar-refractivity contribution is 7.89. The van der Waals surface area contributed by atoms with Crippen molar-refractivity contribution in [3.63, 3.8) is 0 Å². The summed E-state index contributed by atoms with van der Waals surface area (Å²) in [7, 11) is -4.69. The molecule has 9 heteroatoms. The molecule has 0 aliphatic rings. The Bertz CT molecular complexity index is 812. The van der Waals surface area contributed by atoms with Crippen LogP contribution in [0.2, 0.25) is 0 Å². The normalized spacial score (nSPS) is 12.3. The molecule has 0 atom stereocenters. The molecule has 0 aromatic heterocycles. The van der Waals surface area contributed by atoms with E-state index in [2.05, 4.69) is 0 Å². The first-order valence-corrected chi connectivity index (χ1v) is 9.25. The zero-order valence-corrected chi connectivity index (χ0v) is 14.6. The van der Waals surface area contributed by atoms with Crippen LogP contribution >= 0.6 is 0 Å². The number of sulfonamides is 1. The fourth-order valence-corrected chi connectivity index (χ4v) is 3.66. The lowest BCUT2D eigenvalue weighted by atomic mass is 10.1. The van der Waals surface area contributed by atoms with Crippen LogP contribution in [0.25, 0.3) is 0 Å². The van der Waals surface area contributed by atoms with Gasteiger partial charge in [-0.3, -0.25) is 0 Å². The maximum absolute atomic E-state index is 13.4. The molecule has 2 rings (SSSR count). The molecule has 2 aromatic rings. The lowest BCUT2D eigenvalue weighted by molar-refractivity contribution is -0.209. The highest BCUT2D eigenvalue weighted by Crippen LogP contribution is 2.29. The van der Waals surface area contributed by atoms with Gasteiger partial charge in [0.1, 0.15) is 12.4 Å². The quantitative estimate of drug-likeness (QED) is 0.706. The van der Waals surface area contributed by atoms with Crippen molar-refractivity contribution in [2.75, 3.05) is 19.7 Å². The molecule has 0 fully saturated rings. The van der Waals surface area contributed by atoms with Gasteiger partial charge in [-0.15, -0.1) is 4.31 Å². The van der Waals surface area contributed by atoms with Crippen molar-refractivity contribution in [1.29, 1.82) is 0 Å². The van der Waals surface area contributed by atoms with E-state index in [0.717, 1.165) is 12.1 Å². The number of halogens is 3. The second-order valence-corrected chi connectivity index (χ2v) is 7.25. The van der Waals surface area contributed by atoms with Crippen molar-refractivity contribution in [2.45, 2.75) is 17.6 Å². The van der Waals surface area contributed by atoms with E-state index in [0.29, 0.717) is 17.9 Å². The SMILES string of the molecule is NCCOc1cccc(CCN(C(F)(F)F)S(=O)(=O)c2ccccc2)c1. The predicted octanol–water partition coefficient (Wildman–Crippen LogP) is 2.78. The zero-order chi connectivity index (χ0) is 19.2. The van der Waals surface area contributed by atoms with Gasteiger partial charge in [-0.25, -0.2) is 8.42 Å². The van der Waals surface area contributed by atoms with Crippen LogP contribution in [0.5, 0.6) is 5.75 Å². The fourth-order valence-electron chi connectivity index (χ4n) is 2.30. The molecule has 0 saturated carbocycles. The van der Waals surface area contributed by atoms with Crippen molar-refractivity contribution in [3.8, 4) is 5.75 Å². The molecule has 0 aliphatic heterocycles. The second-order valence-electron chi connectivity index (χ2n) is 5.39. The monoisotopic (exact) mass is 388 g/mol. The number of benzene rings is 2. The Hall–Kier alpha value is -2.10. The van der Waals surface area contributed by atoms with Gasteiger partial charge in [-0.1, -0.05) is 30.3 Å². The Kier molecular flexibility index (Phi) is 6.63. The average molecular weight is 388 g/mol. The molecular formula is C17H19F3N2O3S. The molecule has 0 saturated heterocycles. The van der Waals surface area contributed by atoms with E-state index in [-0.39, 0.29) is 13.0 Å². The van der Waals surface area contributed by atoms with Crippen LogP contribution < -0.4 is 10.5 Å². The first-order chi connectivity index (χ1) is 12.2. The van der Waals surface area contributed by atoms with Gasteiger partial charge in [-0.05, 0) is 36.2 Å². The highest BCUT2D eigenvalue weighted by Gasteiger charge is 2.45. The topological polar surface area (TPSA) is 72.6 Å². The molecule has 142 valence electrons. The number of rotatable bonds is 8. The largest absolute Gasteiger partial charge is 0.492 e. The van der Waals surface area contributed by atoms with Crippen molar-refractivity contribution < 1.29 is 26.3 Å². The third-order valence-corrected chi connectivity index (χ3v) is 5.34. The molecule has 0 unspecified atom stereocenters. The van der Waals surface area contributed by atoms with Gasteiger partial charge in [0.2, 0.25) is 10.0 Å². The maximum atomic E-state index is 13.4. The minimum atomic E-state index is -5.03. The average Bonchev–Trinajstić information content (AvgIpc) is 2.60. The van der Waals surface area contributed by atoms with Gasteiger partial charge in [-0.2, -0.15) is 13.2 Å². The molecular weight excluding hydrogens is 369 g/mol. The summed E-state index contributed by atoms with van der Waals surface area (Å²) >= 11 is 0. The minimum absolute atomic E-state index is 0.120. The Labute approximate surface area is 150 Å². The van der Waals surface area contributed by atoms with Crippen molar-refractivity contribution in [2.24, 2.45) is 5.73 Å². The van der Waals surface area contributed by atoms with Gasteiger partial charge in [0.25, 0.3) is 0 Å². The summed E-state index contributed by atoms with van der Waals surface area (Å²) in [6, 6.07) is 13.0. The summed E-state index contributed by atoms with van der Waals surface area (Å²) in [6.07, 6.45) is -5.15. The van der Waals surface area contributed by atoms with Crippen LogP contribution in [0.15, 0.2) is 59.5 Å². The van der Waals surface area contributed by atoms with Gasteiger partial charge in [0.15, 0.2) is 0 Å². The van der Waals surface area contributed by atoms with Crippen molar-refractivity contribution in [3.05, 3.63) is 60.2 Å². The van der Waals surface area contributed by atoms with E-state index in [9.17, 15) is 21.6 Å². The molecule has 2 N–H and O–H groups in total. The molecule has 26 heavy (non-hydrogen) atoms. The number of nitrogens with two attached hydrogens (primary N) is 1. The van der Waals surface area contributed by atoms with Gasteiger partial charge in [0, 0.05) is 13.1 Å². The smallest absolute Gasteiger partial charge is 0.473 e. The van der Waals surface area contributed by atoms with Crippen LogP contribution in [0, 0.1) is 0 Å². The standard InChI is InChI=1S/C17H19F3N2O3S/c18-17(19,20)22(26(23,24)16-7-2-1-3-8-16)11-9-14-5-4-6-15(13-14)25-12-10-21/h1-8,13H,9-12,21H2. The van der Waals surface area contributed by atoms with E-state index in [1.807, 2.05) is 0 Å². The first kappa shape index (κ1) is 20.2. The van der Waals surface area contributed by atoms with E-state index >= 15 is 0 Å². The third kappa shape index (κ3) is 5.20. The molecule has 0 radical (unpaired) electrons. The van der Waals surface area contributed by atoms with E-state index in [1.54, 1.807) is 24.3 Å². The minimum Gasteiger partial charge on any atom is -0.492 e. The van der Waals surface area contributed by atoms with Crippen LogP contribution in [-0.4, -0.2) is 38.7 Å². The molecule has 2 aromatic carbocycles. The molecule has 0 bridgehead atoms. The van der Waals surface area contributed by atoms with Crippen LogP contribution in [-0.2, 0) is 16.4 Å². The van der Waals surface area contributed by atoms with Crippen molar-refractivity contribution >= 4 is 10.0 Å². The van der Waals surface area contributed by atoms with Crippen LogP contribution in [0.4, 0.5) is 13.2 Å². The number of hydrogen-bond acceptors (Lipinski definition) is 4. The van der Waals surface area contributed by atoms with Gasteiger partial charge >= 0.3 is 6.30 Å². The lowest BCUT2D eigenvalue weighted by Crippen LogP contribution is -2.43. The Morgan fingerprint density at radius 1 is 1.04 bits per heavy atom. The Morgan fingerprint density at radius 3 is 2.35 bits per heavy atom. The molecule has 0 amide bonds.